The van der Waals surface area contributed by atoms with E-state index in [1.54, 1.807) is 4.68 Å². The van der Waals surface area contributed by atoms with Crippen LogP contribution in [0.1, 0.15) is 11.5 Å². The fourth-order valence-corrected chi connectivity index (χ4v) is 3.00. The molecule has 2 aromatic heterocycles. The van der Waals surface area contributed by atoms with Crippen molar-refractivity contribution in [1.29, 1.82) is 0 Å². The van der Waals surface area contributed by atoms with E-state index in [1.165, 1.54) is 0 Å². The van der Waals surface area contributed by atoms with E-state index in [-0.39, 0.29) is 0 Å². The average Bonchev–Trinajstić information content (AvgIpc) is 3.19. The third-order valence-electron chi connectivity index (χ3n) is 4.10. The number of imidazole rings is 1. The Labute approximate surface area is 144 Å². The van der Waals surface area contributed by atoms with Crippen molar-refractivity contribution in [2.24, 2.45) is 7.05 Å². The monoisotopic (exact) mass is 337 g/mol. The van der Waals surface area contributed by atoms with E-state index in [4.69, 9.17) is 16.6 Å². The lowest BCUT2D eigenvalue weighted by molar-refractivity contribution is 0.764. The topological polar surface area (TPSA) is 48.5 Å². The maximum absolute atomic E-state index is 6.03. The zero-order valence-corrected chi connectivity index (χ0v) is 14.0. The fourth-order valence-electron chi connectivity index (χ4n) is 2.82. The molecule has 0 atom stereocenters. The zero-order chi connectivity index (χ0) is 16.5. The lowest BCUT2D eigenvalue weighted by Crippen LogP contribution is -2.00. The van der Waals surface area contributed by atoms with Gasteiger partial charge in [0.1, 0.15) is 5.82 Å². The molecule has 120 valence electrons. The van der Waals surface area contributed by atoms with Crippen LogP contribution in [0.4, 0.5) is 0 Å². The van der Waals surface area contributed by atoms with Crippen LogP contribution in [0, 0.1) is 0 Å². The summed E-state index contributed by atoms with van der Waals surface area (Å²) in [5.41, 5.74) is 4.01. The van der Waals surface area contributed by atoms with Gasteiger partial charge in [-0.2, -0.15) is 0 Å². The Balaban J connectivity index is 1.53. The van der Waals surface area contributed by atoms with Gasteiger partial charge in [0.05, 0.1) is 28.6 Å². The van der Waals surface area contributed by atoms with E-state index < -0.39 is 0 Å². The van der Waals surface area contributed by atoms with Crippen LogP contribution in [0.15, 0.2) is 54.7 Å². The summed E-state index contributed by atoms with van der Waals surface area (Å²) in [5.74, 6) is 1.05. The molecular weight excluding hydrogens is 322 g/mol. The molecule has 0 aliphatic rings. The van der Waals surface area contributed by atoms with Gasteiger partial charge in [-0.05, 0) is 30.3 Å². The quantitative estimate of drug-likeness (QED) is 0.571. The van der Waals surface area contributed by atoms with Crippen molar-refractivity contribution in [3.05, 3.63) is 71.3 Å². The molecule has 0 unspecified atom stereocenters. The molecule has 0 aliphatic carbocycles. The maximum Gasteiger partial charge on any atom is 0.109 e. The second-order valence-corrected chi connectivity index (χ2v) is 6.15. The lowest BCUT2D eigenvalue weighted by atomic mass is 10.2. The summed E-state index contributed by atoms with van der Waals surface area (Å²) in [7, 11) is 2.05. The van der Waals surface area contributed by atoms with Gasteiger partial charge in [0.15, 0.2) is 0 Å². The molecule has 0 fully saturated rings. The standard InChI is InChI=1S/C18H16ClN5/c1-23-17-8-3-2-7-16(17)20-18(23)10-9-14-12-24(22-21-14)15-6-4-5-13(19)11-15/h2-8,11-12H,9-10H2,1H3. The molecule has 0 N–H and O–H groups in total. The highest BCUT2D eigenvalue weighted by Gasteiger charge is 2.09. The van der Waals surface area contributed by atoms with E-state index in [2.05, 4.69) is 20.9 Å². The first-order valence-corrected chi connectivity index (χ1v) is 8.16. The van der Waals surface area contributed by atoms with Crippen LogP contribution < -0.4 is 0 Å². The van der Waals surface area contributed by atoms with Gasteiger partial charge in [0.2, 0.25) is 0 Å². The molecule has 24 heavy (non-hydrogen) atoms. The normalized spacial score (nSPS) is 11.2. The van der Waals surface area contributed by atoms with Gasteiger partial charge in [-0.1, -0.05) is 35.0 Å². The van der Waals surface area contributed by atoms with Crippen molar-refractivity contribution in [3.8, 4) is 5.69 Å². The van der Waals surface area contributed by atoms with E-state index in [0.29, 0.717) is 5.02 Å². The summed E-state index contributed by atoms with van der Waals surface area (Å²) in [6.45, 7) is 0. The summed E-state index contributed by atoms with van der Waals surface area (Å²) < 4.78 is 3.88. The van der Waals surface area contributed by atoms with Crippen LogP contribution in [0.3, 0.4) is 0 Å². The van der Waals surface area contributed by atoms with Crippen molar-refractivity contribution < 1.29 is 0 Å². The molecule has 4 aromatic rings. The number of hydrogen-bond acceptors (Lipinski definition) is 3. The second-order valence-electron chi connectivity index (χ2n) is 5.71. The van der Waals surface area contributed by atoms with Crippen molar-refractivity contribution in [2.45, 2.75) is 12.8 Å². The van der Waals surface area contributed by atoms with E-state index >= 15 is 0 Å². The van der Waals surface area contributed by atoms with Gasteiger partial charge in [0.25, 0.3) is 0 Å². The number of aryl methyl sites for hydroxylation is 3. The predicted octanol–water partition coefficient (Wildman–Crippen LogP) is 3.59. The minimum atomic E-state index is 0.684. The Morgan fingerprint density at radius 1 is 1.04 bits per heavy atom. The Morgan fingerprint density at radius 2 is 1.92 bits per heavy atom. The van der Waals surface area contributed by atoms with Gasteiger partial charge in [-0.3, -0.25) is 0 Å². The van der Waals surface area contributed by atoms with Crippen LogP contribution in [-0.4, -0.2) is 24.5 Å². The number of aromatic nitrogens is 5. The number of fused-ring (bicyclic) bond motifs is 1. The molecule has 2 aromatic carbocycles. The molecule has 0 bridgehead atoms. The van der Waals surface area contributed by atoms with Crippen LogP contribution in [-0.2, 0) is 19.9 Å². The van der Waals surface area contributed by atoms with Crippen molar-refractivity contribution in [3.63, 3.8) is 0 Å². The first-order chi connectivity index (χ1) is 11.7. The maximum atomic E-state index is 6.03. The smallest absolute Gasteiger partial charge is 0.109 e. The molecule has 2 heterocycles. The molecule has 0 radical (unpaired) electrons. The van der Waals surface area contributed by atoms with Crippen LogP contribution >= 0.6 is 11.6 Å². The Morgan fingerprint density at radius 3 is 2.75 bits per heavy atom. The number of nitrogens with zero attached hydrogens (tertiary/aromatic N) is 5. The summed E-state index contributed by atoms with van der Waals surface area (Å²) in [4.78, 5) is 4.69. The van der Waals surface area contributed by atoms with E-state index in [1.807, 2.05) is 55.7 Å². The SMILES string of the molecule is Cn1c(CCc2cn(-c3cccc(Cl)c3)nn2)nc2ccccc21. The van der Waals surface area contributed by atoms with Crippen molar-refractivity contribution >= 4 is 22.6 Å². The van der Waals surface area contributed by atoms with Gasteiger partial charge < -0.3 is 4.57 Å². The number of halogens is 1. The van der Waals surface area contributed by atoms with Crippen molar-refractivity contribution in [1.82, 2.24) is 24.5 Å². The van der Waals surface area contributed by atoms with Gasteiger partial charge in [-0.25, -0.2) is 9.67 Å². The summed E-state index contributed by atoms with van der Waals surface area (Å²) in [6, 6.07) is 15.7. The Kier molecular flexibility index (Phi) is 3.78. The third kappa shape index (κ3) is 2.78. The van der Waals surface area contributed by atoms with Gasteiger partial charge in [0, 0.05) is 24.9 Å². The third-order valence-corrected chi connectivity index (χ3v) is 4.33. The molecule has 6 heteroatoms. The van der Waals surface area contributed by atoms with E-state index in [0.717, 1.165) is 41.1 Å². The molecule has 0 saturated heterocycles. The highest BCUT2D eigenvalue weighted by Crippen LogP contribution is 2.17. The highest BCUT2D eigenvalue weighted by molar-refractivity contribution is 6.30. The minimum Gasteiger partial charge on any atom is -0.331 e. The summed E-state index contributed by atoms with van der Waals surface area (Å²) in [5, 5.41) is 9.12. The van der Waals surface area contributed by atoms with Crippen LogP contribution in [0.5, 0.6) is 0 Å². The minimum absolute atomic E-state index is 0.684. The number of hydrogen-bond donors (Lipinski definition) is 0. The summed E-state index contributed by atoms with van der Waals surface area (Å²) in [6.07, 6.45) is 3.55. The molecule has 5 nitrogen and oxygen atoms in total. The molecule has 0 spiro atoms. The zero-order valence-electron chi connectivity index (χ0n) is 13.2. The number of rotatable bonds is 4. The first-order valence-electron chi connectivity index (χ1n) is 7.78. The summed E-state index contributed by atoms with van der Waals surface area (Å²) >= 11 is 6.03. The number of para-hydroxylation sites is 2. The van der Waals surface area contributed by atoms with Crippen LogP contribution in [0.2, 0.25) is 5.02 Å². The van der Waals surface area contributed by atoms with E-state index in [9.17, 15) is 0 Å². The fraction of sp³-hybridized carbons (Fsp3) is 0.167. The highest BCUT2D eigenvalue weighted by atomic mass is 35.5. The Bertz CT molecular complexity index is 1000. The van der Waals surface area contributed by atoms with Crippen molar-refractivity contribution in [2.75, 3.05) is 0 Å². The molecular formula is C18H16ClN5. The molecule has 4 rings (SSSR count). The largest absolute Gasteiger partial charge is 0.331 e. The van der Waals surface area contributed by atoms with Gasteiger partial charge >= 0.3 is 0 Å². The molecule has 0 saturated carbocycles. The molecule has 0 aliphatic heterocycles. The van der Waals surface area contributed by atoms with Crippen LogP contribution in [0.25, 0.3) is 16.7 Å². The lowest BCUT2D eigenvalue weighted by Gasteiger charge is -2.01. The number of benzene rings is 2. The predicted molar refractivity (Wildman–Crippen MR) is 94.5 cm³/mol. The van der Waals surface area contributed by atoms with Gasteiger partial charge in [-0.15, -0.1) is 5.10 Å². The second kappa shape index (κ2) is 6.09. The first kappa shape index (κ1) is 14.9. The average molecular weight is 338 g/mol. The Hall–Kier alpha value is -2.66. The molecule has 0 amide bonds.